The Morgan fingerprint density at radius 3 is 2.59 bits per heavy atom. The first-order chi connectivity index (χ1) is 8.06. The van der Waals surface area contributed by atoms with Crippen molar-refractivity contribution in [1.82, 2.24) is 0 Å². The summed E-state index contributed by atoms with van der Waals surface area (Å²) in [6.45, 7) is 7.36. The van der Waals surface area contributed by atoms with E-state index in [1.54, 1.807) is 0 Å². The molecule has 1 heterocycles. The molecule has 0 saturated carbocycles. The van der Waals surface area contributed by atoms with Crippen LogP contribution in [0.4, 0.5) is 5.69 Å². The fraction of sp³-hybridized carbons (Fsp3) is 0.286. The second-order valence-corrected chi connectivity index (χ2v) is 6.63. The number of hydrogen-bond donors (Lipinski definition) is 1. The van der Waals surface area contributed by atoms with E-state index in [2.05, 4.69) is 66.3 Å². The third kappa shape index (κ3) is 3.11. The van der Waals surface area contributed by atoms with E-state index in [1.165, 1.54) is 26.6 Å². The molecule has 0 aliphatic rings. The molecule has 3 heteroatoms. The number of halogens is 1. The highest BCUT2D eigenvalue weighted by atomic mass is 79.9. The number of benzene rings is 1. The van der Waals surface area contributed by atoms with Crippen LogP contribution < -0.4 is 5.32 Å². The van der Waals surface area contributed by atoms with Crippen molar-refractivity contribution in [1.29, 1.82) is 0 Å². The van der Waals surface area contributed by atoms with Crippen molar-refractivity contribution < 1.29 is 0 Å². The molecule has 2 rings (SSSR count). The zero-order chi connectivity index (χ0) is 12.4. The van der Waals surface area contributed by atoms with E-state index in [0.29, 0.717) is 0 Å². The average Bonchev–Trinajstić information content (AvgIpc) is 2.59. The highest BCUT2D eigenvalue weighted by Crippen LogP contribution is 2.24. The van der Waals surface area contributed by atoms with E-state index < -0.39 is 0 Å². The summed E-state index contributed by atoms with van der Waals surface area (Å²) < 4.78 is 1.11. The lowest BCUT2D eigenvalue weighted by atomic mass is 10.2. The molecule has 0 bridgehead atoms. The van der Waals surface area contributed by atoms with Crippen molar-refractivity contribution in [2.24, 2.45) is 0 Å². The molecule has 0 aliphatic carbocycles. The molecule has 0 atom stereocenters. The number of hydrogen-bond acceptors (Lipinski definition) is 2. The van der Waals surface area contributed by atoms with Gasteiger partial charge in [-0.25, -0.2) is 0 Å². The standard InChI is InChI=1S/C14H16BrNS/c1-9-4-5-13(15)7-14(9)16-8-12-6-10(2)17-11(12)3/h4-7,16H,8H2,1-3H3. The Morgan fingerprint density at radius 1 is 1.18 bits per heavy atom. The second kappa shape index (κ2) is 5.23. The molecule has 1 aromatic carbocycles. The van der Waals surface area contributed by atoms with Crippen LogP contribution in [0.3, 0.4) is 0 Å². The van der Waals surface area contributed by atoms with Crippen LogP contribution >= 0.6 is 27.3 Å². The number of nitrogens with one attached hydrogen (secondary N) is 1. The van der Waals surface area contributed by atoms with Crippen molar-refractivity contribution in [3.63, 3.8) is 0 Å². The van der Waals surface area contributed by atoms with Gasteiger partial charge in [0, 0.05) is 26.5 Å². The van der Waals surface area contributed by atoms with Crippen molar-refractivity contribution in [2.45, 2.75) is 27.3 Å². The van der Waals surface area contributed by atoms with Crippen LogP contribution in [-0.2, 0) is 6.54 Å². The second-order valence-electron chi connectivity index (χ2n) is 4.25. The molecule has 0 spiro atoms. The molecule has 0 amide bonds. The predicted molar refractivity (Wildman–Crippen MR) is 80.0 cm³/mol. The van der Waals surface area contributed by atoms with Crippen molar-refractivity contribution >= 4 is 33.0 Å². The molecule has 1 N–H and O–H groups in total. The Morgan fingerprint density at radius 2 is 1.94 bits per heavy atom. The minimum absolute atomic E-state index is 0.896. The molecule has 2 aromatic rings. The molecular formula is C14H16BrNS. The molecule has 0 radical (unpaired) electrons. The lowest BCUT2D eigenvalue weighted by molar-refractivity contribution is 1.13. The van der Waals surface area contributed by atoms with Crippen LogP contribution in [0, 0.1) is 20.8 Å². The highest BCUT2D eigenvalue weighted by Gasteiger charge is 2.04. The van der Waals surface area contributed by atoms with E-state index in [-0.39, 0.29) is 0 Å². The van der Waals surface area contributed by atoms with Gasteiger partial charge in [-0.05, 0) is 50.1 Å². The maximum atomic E-state index is 3.50. The normalized spacial score (nSPS) is 10.6. The fourth-order valence-corrected chi connectivity index (χ4v) is 3.14. The van der Waals surface area contributed by atoms with Gasteiger partial charge in [-0.1, -0.05) is 22.0 Å². The number of thiophene rings is 1. The van der Waals surface area contributed by atoms with E-state index in [9.17, 15) is 0 Å². The van der Waals surface area contributed by atoms with Crippen molar-refractivity contribution in [2.75, 3.05) is 5.32 Å². The van der Waals surface area contributed by atoms with Gasteiger partial charge in [0.25, 0.3) is 0 Å². The summed E-state index contributed by atoms with van der Waals surface area (Å²) in [5, 5.41) is 3.50. The van der Waals surface area contributed by atoms with Crippen LogP contribution in [0.2, 0.25) is 0 Å². The first-order valence-corrected chi connectivity index (χ1v) is 7.23. The Bertz CT molecular complexity index is 531. The van der Waals surface area contributed by atoms with Gasteiger partial charge < -0.3 is 5.32 Å². The zero-order valence-corrected chi connectivity index (χ0v) is 12.7. The number of rotatable bonds is 3. The van der Waals surface area contributed by atoms with E-state index >= 15 is 0 Å². The third-order valence-electron chi connectivity index (χ3n) is 2.81. The predicted octanol–water partition coefficient (Wildman–Crippen LogP) is 5.05. The summed E-state index contributed by atoms with van der Waals surface area (Å²) in [5.74, 6) is 0. The van der Waals surface area contributed by atoms with Crippen molar-refractivity contribution in [3.8, 4) is 0 Å². The molecule has 0 fully saturated rings. The maximum absolute atomic E-state index is 3.50. The monoisotopic (exact) mass is 309 g/mol. The first kappa shape index (κ1) is 12.7. The number of anilines is 1. The molecule has 1 nitrogen and oxygen atoms in total. The number of aryl methyl sites for hydroxylation is 3. The summed E-state index contributed by atoms with van der Waals surface area (Å²) in [5.41, 5.74) is 3.87. The summed E-state index contributed by atoms with van der Waals surface area (Å²) in [6, 6.07) is 8.59. The van der Waals surface area contributed by atoms with Gasteiger partial charge in [0.1, 0.15) is 0 Å². The molecule has 0 unspecified atom stereocenters. The molecular weight excluding hydrogens is 294 g/mol. The average molecular weight is 310 g/mol. The summed E-state index contributed by atoms with van der Waals surface area (Å²) in [7, 11) is 0. The van der Waals surface area contributed by atoms with Gasteiger partial charge in [-0.3, -0.25) is 0 Å². The Labute approximate surface area is 115 Å². The third-order valence-corrected chi connectivity index (χ3v) is 4.31. The summed E-state index contributed by atoms with van der Waals surface area (Å²) >= 11 is 5.37. The topological polar surface area (TPSA) is 12.0 Å². The van der Waals surface area contributed by atoms with Crippen LogP contribution in [0.25, 0.3) is 0 Å². The zero-order valence-electron chi connectivity index (χ0n) is 10.3. The summed E-state index contributed by atoms with van der Waals surface area (Å²) in [4.78, 5) is 2.79. The SMILES string of the molecule is Cc1cc(CNc2cc(Br)ccc2C)c(C)s1. The van der Waals surface area contributed by atoms with Crippen molar-refractivity contribution in [3.05, 3.63) is 49.6 Å². The van der Waals surface area contributed by atoms with Gasteiger partial charge in [0.15, 0.2) is 0 Å². The molecule has 0 saturated heterocycles. The largest absolute Gasteiger partial charge is 0.381 e. The van der Waals surface area contributed by atoms with Crippen LogP contribution in [0.1, 0.15) is 20.9 Å². The smallest absolute Gasteiger partial charge is 0.0411 e. The summed E-state index contributed by atoms with van der Waals surface area (Å²) in [6.07, 6.45) is 0. The lowest BCUT2D eigenvalue weighted by Gasteiger charge is -2.09. The van der Waals surface area contributed by atoms with Gasteiger partial charge in [0.2, 0.25) is 0 Å². The fourth-order valence-electron chi connectivity index (χ4n) is 1.83. The molecule has 90 valence electrons. The van der Waals surface area contributed by atoms with E-state index in [1.807, 2.05) is 11.3 Å². The molecule has 0 aliphatic heterocycles. The minimum Gasteiger partial charge on any atom is -0.381 e. The highest BCUT2D eigenvalue weighted by molar-refractivity contribution is 9.10. The quantitative estimate of drug-likeness (QED) is 0.836. The first-order valence-electron chi connectivity index (χ1n) is 5.62. The molecule has 1 aromatic heterocycles. The van der Waals surface area contributed by atoms with Gasteiger partial charge >= 0.3 is 0 Å². The van der Waals surface area contributed by atoms with E-state index in [4.69, 9.17) is 0 Å². The van der Waals surface area contributed by atoms with Crippen LogP contribution in [0.15, 0.2) is 28.7 Å². The Hall–Kier alpha value is -0.800. The lowest BCUT2D eigenvalue weighted by Crippen LogP contribution is -2.01. The Kier molecular flexibility index (Phi) is 3.89. The van der Waals surface area contributed by atoms with Gasteiger partial charge in [-0.15, -0.1) is 11.3 Å². The molecule has 17 heavy (non-hydrogen) atoms. The van der Waals surface area contributed by atoms with Crippen LogP contribution in [0.5, 0.6) is 0 Å². The van der Waals surface area contributed by atoms with E-state index in [0.717, 1.165) is 11.0 Å². The van der Waals surface area contributed by atoms with Gasteiger partial charge in [0.05, 0.1) is 0 Å². The van der Waals surface area contributed by atoms with Gasteiger partial charge in [-0.2, -0.15) is 0 Å². The maximum Gasteiger partial charge on any atom is 0.0411 e. The minimum atomic E-state index is 0.896. The Balaban J connectivity index is 2.12. The van der Waals surface area contributed by atoms with Crippen LogP contribution in [-0.4, -0.2) is 0 Å².